The van der Waals surface area contributed by atoms with Crippen molar-refractivity contribution in [2.45, 2.75) is 50.6 Å². The molecule has 38 heavy (non-hydrogen) atoms. The molecule has 3 rings (SSSR count). The molecule has 2 N–H and O–H groups in total. The summed E-state index contributed by atoms with van der Waals surface area (Å²) in [5, 5.41) is 3.54. The van der Waals surface area contributed by atoms with Gasteiger partial charge in [0.05, 0.1) is 4.90 Å². The van der Waals surface area contributed by atoms with Crippen LogP contribution in [0.5, 0.6) is 0 Å². The molecule has 3 aromatic carbocycles. The van der Waals surface area contributed by atoms with Crippen LogP contribution in [0.1, 0.15) is 37.0 Å². The van der Waals surface area contributed by atoms with E-state index in [4.69, 9.17) is 11.6 Å². The van der Waals surface area contributed by atoms with Crippen molar-refractivity contribution in [2.75, 3.05) is 13.1 Å². The lowest BCUT2D eigenvalue weighted by Gasteiger charge is -2.29. The van der Waals surface area contributed by atoms with Gasteiger partial charge in [0.2, 0.25) is 21.8 Å². The fraction of sp³-hybridized carbons (Fsp3) is 0.310. The number of nitrogens with zero attached hydrogens (tertiary/aromatic N) is 1. The van der Waals surface area contributed by atoms with Crippen LogP contribution in [0.15, 0.2) is 83.8 Å². The van der Waals surface area contributed by atoms with E-state index < -0.39 is 16.1 Å². The average Bonchev–Trinajstić information content (AvgIpc) is 2.91. The van der Waals surface area contributed by atoms with Crippen molar-refractivity contribution in [3.05, 3.63) is 101 Å². The Morgan fingerprint density at radius 2 is 1.47 bits per heavy atom. The molecule has 0 saturated heterocycles. The molecule has 3 aromatic rings. The van der Waals surface area contributed by atoms with Gasteiger partial charge in [0.15, 0.2) is 0 Å². The van der Waals surface area contributed by atoms with Gasteiger partial charge in [0, 0.05) is 31.1 Å². The molecule has 2 amide bonds. The lowest BCUT2D eigenvalue weighted by molar-refractivity contribution is -0.140. The van der Waals surface area contributed by atoms with Gasteiger partial charge in [-0.25, -0.2) is 13.1 Å². The Kier molecular flexibility index (Phi) is 10.9. The van der Waals surface area contributed by atoms with Crippen LogP contribution in [0, 0.1) is 0 Å². The Labute approximate surface area is 230 Å². The summed E-state index contributed by atoms with van der Waals surface area (Å²) in [5.41, 5.74) is 2.82. The van der Waals surface area contributed by atoms with Gasteiger partial charge in [-0.3, -0.25) is 9.59 Å². The summed E-state index contributed by atoms with van der Waals surface area (Å²) in [6.45, 7) is 4.49. The van der Waals surface area contributed by atoms with Crippen LogP contribution in [0.2, 0.25) is 5.02 Å². The molecule has 0 aliphatic rings. The number of hydrogen-bond acceptors (Lipinski definition) is 4. The SMILES string of the molecule is CCNS(=O)(=O)c1ccc(CCC(=O)N(Cc2ccc(Cl)cc2)[C@H](C)C(=O)NCCc2ccccc2)cc1. The molecule has 0 spiro atoms. The highest BCUT2D eigenvalue weighted by molar-refractivity contribution is 7.89. The molecule has 0 bridgehead atoms. The van der Waals surface area contributed by atoms with Crippen molar-refractivity contribution in [1.29, 1.82) is 0 Å². The third-order valence-electron chi connectivity index (χ3n) is 6.18. The first kappa shape index (κ1) is 29.4. The monoisotopic (exact) mass is 555 g/mol. The zero-order valence-corrected chi connectivity index (χ0v) is 23.3. The van der Waals surface area contributed by atoms with Crippen molar-refractivity contribution in [1.82, 2.24) is 14.9 Å². The van der Waals surface area contributed by atoms with Crippen molar-refractivity contribution < 1.29 is 18.0 Å². The van der Waals surface area contributed by atoms with Gasteiger partial charge < -0.3 is 10.2 Å². The fourth-order valence-corrected chi connectivity index (χ4v) is 5.16. The minimum Gasteiger partial charge on any atom is -0.354 e. The van der Waals surface area contributed by atoms with Gasteiger partial charge >= 0.3 is 0 Å². The van der Waals surface area contributed by atoms with Crippen molar-refractivity contribution in [2.24, 2.45) is 0 Å². The van der Waals surface area contributed by atoms with E-state index in [1.54, 1.807) is 43.0 Å². The summed E-state index contributed by atoms with van der Waals surface area (Å²) >= 11 is 6.02. The van der Waals surface area contributed by atoms with Crippen molar-refractivity contribution in [3.8, 4) is 0 Å². The summed E-state index contributed by atoms with van der Waals surface area (Å²) in [7, 11) is -3.53. The fourth-order valence-electron chi connectivity index (χ4n) is 4.00. The Morgan fingerprint density at radius 1 is 0.868 bits per heavy atom. The normalized spacial score (nSPS) is 12.1. The second-order valence-electron chi connectivity index (χ2n) is 9.00. The van der Waals surface area contributed by atoms with Gasteiger partial charge in [-0.05, 0) is 60.7 Å². The van der Waals surface area contributed by atoms with E-state index in [2.05, 4.69) is 10.0 Å². The van der Waals surface area contributed by atoms with Crippen LogP contribution in [0.25, 0.3) is 0 Å². The third-order valence-corrected chi connectivity index (χ3v) is 8.00. The van der Waals surface area contributed by atoms with E-state index in [1.165, 1.54) is 12.1 Å². The minimum absolute atomic E-state index is 0.171. The number of rotatable bonds is 13. The first-order chi connectivity index (χ1) is 18.2. The molecule has 202 valence electrons. The second kappa shape index (κ2) is 14.1. The second-order valence-corrected chi connectivity index (χ2v) is 11.2. The number of hydrogen-bond donors (Lipinski definition) is 2. The number of carbonyl (C=O) groups is 2. The predicted molar refractivity (Wildman–Crippen MR) is 150 cm³/mol. The van der Waals surface area contributed by atoms with Gasteiger partial charge in [0.1, 0.15) is 6.04 Å². The molecule has 7 nitrogen and oxygen atoms in total. The Morgan fingerprint density at radius 3 is 2.11 bits per heavy atom. The predicted octanol–water partition coefficient (Wildman–Crippen LogP) is 4.35. The van der Waals surface area contributed by atoms with Gasteiger partial charge in [-0.15, -0.1) is 0 Å². The average molecular weight is 556 g/mol. The third kappa shape index (κ3) is 8.68. The molecule has 0 fully saturated rings. The van der Waals surface area contributed by atoms with Crippen LogP contribution < -0.4 is 10.0 Å². The number of sulfonamides is 1. The largest absolute Gasteiger partial charge is 0.354 e. The van der Waals surface area contributed by atoms with E-state index in [0.29, 0.717) is 31.0 Å². The number of halogens is 1. The molecule has 0 radical (unpaired) electrons. The standard InChI is InChI=1S/C29H34ClN3O4S/c1-3-32-38(36,37)27-16-11-24(12-17-27)13-18-28(34)33(21-25-9-14-26(30)15-10-25)22(2)29(35)31-20-19-23-7-5-4-6-8-23/h4-12,14-17,22,32H,3,13,18-21H2,1-2H3,(H,31,35)/t22-/m1/s1. The van der Waals surface area contributed by atoms with Crippen LogP contribution in [0.4, 0.5) is 0 Å². The summed E-state index contributed by atoms with van der Waals surface area (Å²) in [6, 6.07) is 22.9. The van der Waals surface area contributed by atoms with E-state index in [1.807, 2.05) is 42.5 Å². The molecule has 0 aliphatic carbocycles. The number of nitrogens with one attached hydrogen (secondary N) is 2. The molecule has 0 aliphatic heterocycles. The van der Waals surface area contributed by atoms with E-state index in [9.17, 15) is 18.0 Å². The maximum atomic E-state index is 13.4. The van der Waals surface area contributed by atoms with Crippen LogP contribution >= 0.6 is 11.6 Å². The zero-order chi connectivity index (χ0) is 27.5. The number of benzene rings is 3. The Hall–Kier alpha value is -3.20. The minimum atomic E-state index is -3.53. The number of aryl methyl sites for hydroxylation is 1. The lowest BCUT2D eigenvalue weighted by atomic mass is 10.1. The maximum Gasteiger partial charge on any atom is 0.242 e. The highest BCUT2D eigenvalue weighted by Gasteiger charge is 2.26. The number of amides is 2. The highest BCUT2D eigenvalue weighted by atomic mass is 35.5. The first-order valence-electron chi connectivity index (χ1n) is 12.6. The quantitative estimate of drug-likeness (QED) is 0.328. The van der Waals surface area contributed by atoms with Crippen LogP contribution in [0.3, 0.4) is 0 Å². The highest BCUT2D eigenvalue weighted by Crippen LogP contribution is 2.17. The van der Waals surface area contributed by atoms with Gasteiger partial charge in [-0.1, -0.05) is 73.1 Å². The topological polar surface area (TPSA) is 95.6 Å². The molecule has 9 heteroatoms. The lowest BCUT2D eigenvalue weighted by Crippen LogP contribution is -2.48. The molecule has 1 atom stereocenters. The molecular formula is C29H34ClN3O4S. The van der Waals surface area contributed by atoms with Gasteiger partial charge in [0.25, 0.3) is 0 Å². The van der Waals surface area contributed by atoms with Crippen LogP contribution in [-0.2, 0) is 39.0 Å². The summed E-state index contributed by atoms with van der Waals surface area (Å²) in [6.07, 6.45) is 1.29. The van der Waals surface area contributed by atoms with Crippen LogP contribution in [-0.4, -0.2) is 44.3 Å². The van der Waals surface area contributed by atoms with Crippen molar-refractivity contribution >= 4 is 33.4 Å². The van der Waals surface area contributed by atoms with Crippen molar-refractivity contribution in [3.63, 3.8) is 0 Å². The molecule has 0 unspecified atom stereocenters. The molecule has 0 aromatic heterocycles. The van der Waals surface area contributed by atoms with E-state index >= 15 is 0 Å². The molecule has 0 heterocycles. The Balaban J connectivity index is 1.66. The Bertz CT molecular complexity index is 1300. The summed E-state index contributed by atoms with van der Waals surface area (Å²) in [4.78, 5) is 28.1. The van der Waals surface area contributed by atoms with E-state index in [-0.39, 0.29) is 29.7 Å². The smallest absolute Gasteiger partial charge is 0.242 e. The summed E-state index contributed by atoms with van der Waals surface area (Å²) < 4.78 is 26.8. The van der Waals surface area contributed by atoms with Gasteiger partial charge in [-0.2, -0.15) is 0 Å². The number of carbonyl (C=O) groups excluding carboxylic acids is 2. The summed E-state index contributed by atoms with van der Waals surface area (Å²) in [5.74, 6) is -0.392. The maximum absolute atomic E-state index is 13.4. The molecular weight excluding hydrogens is 522 g/mol. The first-order valence-corrected chi connectivity index (χ1v) is 14.5. The molecule has 0 saturated carbocycles. The van der Waals surface area contributed by atoms with E-state index in [0.717, 1.165) is 16.7 Å². The zero-order valence-electron chi connectivity index (χ0n) is 21.7.